The molecular formula is C22H18N6. The minimum Gasteiger partial charge on any atom is -0.314 e. The first kappa shape index (κ1) is 16.4. The van der Waals surface area contributed by atoms with E-state index in [2.05, 4.69) is 0 Å². The largest absolute Gasteiger partial charge is 0.314 e. The van der Waals surface area contributed by atoms with Gasteiger partial charge in [0, 0.05) is 14.1 Å². The molecule has 4 aromatic rings. The van der Waals surface area contributed by atoms with Gasteiger partial charge in [-0.25, -0.2) is 19.9 Å². The van der Waals surface area contributed by atoms with Crippen molar-refractivity contribution in [3.8, 4) is 22.8 Å². The average molecular weight is 366 g/mol. The summed E-state index contributed by atoms with van der Waals surface area (Å²) in [6.07, 6.45) is 0. The lowest BCUT2D eigenvalue weighted by Crippen LogP contribution is -2.15. The van der Waals surface area contributed by atoms with Crippen molar-refractivity contribution < 1.29 is 0 Å². The van der Waals surface area contributed by atoms with E-state index in [4.69, 9.17) is 19.9 Å². The highest BCUT2D eigenvalue weighted by atomic mass is 15.2. The Morgan fingerprint density at radius 1 is 0.429 bits per heavy atom. The number of nitrogens with zero attached hydrogens (tertiary/aromatic N) is 6. The molecule has 6 nitrogen and oxygen atoms in total. The predicted molar refractivity (Wildman–Crippen MR) is 111 cm³/mol. The predicted octanol–water partition coefficient (Wildman–Crippen LogP) is 4.45. The highest BCUT2D eigenvalue weighted by Gasteiger charge is 2.15. The van der Waals surface area contributed by atoms with E-state index in [1.165, 1.54) is 0 Å². The van der Waals surface area contributed by atoms with Gasteiger partial charge in [-0.2, -0.15) is 0 Å². The van der Waals surface area contributed by atoms with Crippen molar-refractivity contribution in [1.29, 1.82) is 0 Å². The molecule has 0 fully saturated rings. The summed E-state index contributed by atoms with van der Waals surface area (Å²) < 4.78 is 0. The average Bonchev–Trinajstić information content (AvgIpc) is 2.78. The number of fused-ring (bicyclic) bond motifs is 10. The lowest BCUT2D eigenvalue weighted by Gasteiger charge is -2.21. The van der Waals surface area contributed by atoms with E-state index in [1.807, 2.05) is 96.7 Å². The Hall–Kier alpha value is -3.80. The molecule has 0 unspecified atom stereocenters. The lowest BCUT2D eigenvalue weighted by molar-refractivity contribution is 1.05. The lowest BCUT2D eigenvalue weighted by atomic mass is 10.2. The zero-order valence-corrected chi connectivity index (χ0v) is 15.6. The zero-order chi connectivity index (χ0) is 19.1. The second kappa shape index (κ2) is 6.42. The molecule has 0 amide bonds. The van der Waals surface area contributed by atoms with Gasteiger partial charge in [-0.1, -0.05) is 24.3 Å². The Bertz CT molecular complexity index is 989. The summed E-state index contributed by atoms with van der Waals surface area (Å²) in [7, 11) is 3.93. The molecule has 0 radical (unpaired) electrons. The van der Waals surface area contributed by atoms with E-state index in [0.717, 1.165) is 46.0 Å². The molecule has 0 aliphatic carbocycles. The van der Waals surface area contributed by atoms with E-state index < -0.39 is 0 Å². The van der Waals surface area contributed by atoms with Crippen molar-refractivity contribution in [2.75, 3.05) is 23.9 Å². The molecule has 0 aromatic carbocycles. The number of aromatic nitrogens is 4. The summed E-state index contributed by atoms with van der Waals surface area (Å²) in [6.45, 7) is 0. The smallest absolute Gasteiger partial charge is 0.134 e. The van der Waals surface area contributed by atoms with Crippen LogP contribution in [0.4, 0.5) is 23.3 Å². The van der Waals surface area contributed by atoms with E-state index in [9.17, 15) is 0 Å². The normalized spacial score (nSPS) is 12.5. The van der Waals surface area contributed by atoms with Gasteiger partial charge >= 0.3 is 0 Å². The van der Waals surface area contributed by atoms with Crippen LogP contribution in [-0.4, -0.2) is 34.0 Å². The van der Waals surface area contributed by atoms with Gasteiger partial charge in [0.25, 0.3) is 0 Å². The van der Waals surface area contributed by atoms with Gasteiger partial charge in [-0.15, -0.1) is 0 Å². The molecule has 5 rings (SSSR count). The summed E-state index contributed by atoms with van der Waals surface area (Å²) in [5.41, 5.74) is 3.26. The summed E-state index contributed by atoms with van der Waals surface area (Å²) in [6, 6.07) is 23.7. The van der Waals surface area contributed by atoms with Gasteiger partial charge in [-0.05, 0) is 48.5 Å². The molecule has 8 bridgehead atoms. The van der Waals surface area contributed by atoms with Crippen LogP contribution in [-0.2, 0) is 0 Å². The van der Waals surface area contributed by atoms with Crippen LogP contribution >= 0.6 is 0 Å². The molecule has 0 N–H and O–H groups in total. The summed E-state index contributed by atoms with van der Waals surface area (Å²) in [5, 5.41) is 0. The first-order valence-corrected chi connectivity index (χ1v) is 9.05. The minimum absolute atomic E-state index is 0.807. The third-order valence-corrected chi connectivity index (χ3v) is 4.84. The molecule has 1 aliphatic rings. The second-order valence-corrected chi connectivity index (χ2v) is 6.64. The Labute approximate surface area is 163 Å². The van der Waals surface area contributed by atoms with Crippen molar-refractivity contribution in [3.05, 3.63) is 72.8 Å². The van der Waals surface area contributed by atoms with Crippen LogP contribution in [0.25, 0.3) is 22.8 Å². The molecule has 136 valence electrons. The van der Waals surface area contributed by atoms with Gasteiger partial charge in [0.15, 0.2) is 0 Å². The van der Waals surface area contributed by atoms with Crippen molar-refractivity contribution in [1.82, 2.24) is 19.9 Å². The van der Waals surface area contributed by atoms with Gasteiger partial charge in [0.05, 0.1) is 22.8 Å². The number of hydrogen-bond donors (Lipinski definition) is 0. The maximum atomic E-state index is 4.81. The van der Waals surface area contributed by atoms with Crippen LogP contribution in [0.2, 0.25) is 0 Å². The molecule has 0 atom stereocenters. The SMILES string of the molecule is CN1c2cccc(n2)-c2cccc(n2)N(C)c2cccc(n2)-c2cccc1n2. The fourth-order valence-electron chi connectivity index (χ4n) is 3.25. The zero-order valence-electron chi connectivity index (χ0n) is 15.6. The Morgan fingerprint density at radius 2 is 0.679 bits per heavy atom. The van der Waals surface area contributed by atoms with Crippen molar-refractivity contribution in [2.24, 2.45) is 0 Å². The van der Waals surface area contributed by atoms with Gasteiger partial charge < -0.3 is 9.80 Å². The molecular weight excluding hydrogens is 348 g/mol. The molecule has 5 heterocycles. The molecule has 4 aromatic heterocycles. The fourth-order valence-corrected chi connectivity index (χ4v) is 3.25. The fraction of sp³-hybridized carbons (Fsp3) is 0.0909. The molecule has 0 spiro atoms. The van der Waals surface area contributed by atoms with Crippen LogP contribution in [0.1, 0.15) is 0 Å². The number of hydrogen-bond acceptors (Lipinski definition) is 6. The van der Waals surface area contributed by atoms with Crippen molar-refractivity contribution in [2.45, 2.75) is 0 Å². The molecule has 0 saturated heterocycles. The Kier molecular flexibility index (Phi) is 3.76. The quantitative estimate of drug-likeness (QED) is 0.458. The maximum Gasteiger partial charge on any atom is 0.134 e. The van der Waals surface area contributed by atoms with Gasteiger partial charge in [0.2, 0.25) is 0 Å². The van der Waals surface area contributed by atoms with Crippen molar-refractivity contribution in [3.63, 3.8) is 0 Å². The number of pyridine rings is 4. The van der Waals surface area contributed by atoms with Gasteiger partial charge in [0.1, 0.15) is 23.3 Å². The summed E-state index contributed by atoms with van der Waals surface area (Å²) >= 11 is 0. The third kappa shape index (κ3) is 2.75. The minimum atomic E-state index is 0.807. The summed E-state index contributed by atoms with van der Waals surface area (Å²) in [4.78, 5) is 23.2. The van der Waals surface area contributed by atoms with E-state index in [-0.39, 0.29) is 0 Å². The van der Waals surface area contributed by atoms with Crippen LogP contribution in [0.5, 0.6) is 0 Å². The summed E-state index contributed by atoms with van der Waals surface area (Å²) in [5.74, 6) is 3.23. The molecule has 0 saturated carbocycles. The highest BCUT2D eigenvalue weighted by molar-refractivity contribution is 5.68. The monoisotopic (exact) mass is 366 g/mol. The molecule has 6 heteroatoms. The standard InChI is InChI=1S/C22H18N6/c1-27-19-11-3-7-15(23-19)17-9-5-13-21(25-17)28(2)22-14-6-10-18(26-22)16-8-4-12-20(27)24-16/h3-14H,1-2H3. The van der Waals surface area contributed by atoms with Crippen LogP contribution in [0.3, 0.4) is 0 Å². The Balaban J connectivity index is 1.79. The van der Waals surface area contributed by atoms with Crippen LogP contribution in [0, 0.1) is 0 Å². The topological polar surface area (TPSA) is 58.0 Å². The van der Waals surface area contributed by atoms with E-state index in [1.54, 1.807) is 0 Å². The first-order chi connectivity index (χ1) is 13.7. The van der Waals surface area contributed by atoms with Crippen LogP contribution in [0.15, 0.2) is 72.8 Å². The van der Waals surface area contributed by atoms with Crippen molar-refractivity contribution >= 4 is 23.3 Å². The Morgan fingerprint density at radius 3 is 0.929 bits per heavy atom. The third-order valence-electron chi connectivity index (χ3n) is 4.84. The number of rotatable bonds is 0. The van der Waals surface area contributed by atoms with Crippen LogP contribution < -0.4 is 9.80 Å². The van der Waals surface area contributed by atoms with E-state index >= 15 is 0 Å². The van der Waals surface area contributed by atoms with Gasteiger partial charge in [-0.3, -0.25) is 0 Å². The van der Waals surface area contributed by atoms with E-state index in [0.29, 0.717) is 0 Å². The maximum absolute atomic E-state index is 4.81. The molecule has 1 aliphatic heterocycles. The highest BCUT2D eigenvalue weighted by Crippen LogP contribution is 2.29. The first-order valence-electron chi connectivity index (χ1n) is 9.05. The second-order valence-electron chi connectivity index (χ2n) is 6.64. The molecule has 28 heavy (non-hydrogen) atoms. The number of anilines is 4.